The lowest BCUT2D eigenvalue weighted by Gasteiger charge is -2.36. The number of hydrogen-bond acceptors (Lipinski definition) is 5. The third kappa shape index (κ3) is 5.58. The largest absolute Gasteiger partial charge is 0.484 e. The van der Waals surface area contributed by atoms with E-state index in [4.69, 9.17) is 4.74 Å². The maximum atomic E-state index is 14.4. The van der Waals surface area contributed by atoms with Gasteiger partial charge in [0.1, 0.15) is 29.6 Å². The molecule has 0 bridgehead atoms. The van der Waals surface area contributed by atoms with E-state index in [1.165, 1.54) is 25.1 Å². The summed E-state index contributed by atoms with van der Waals surface area (Å²) in [6.07, 6.45) is -7.15. The Morgan fingerprint density at radius 2 is 1.87 bits per heavy atom. The first-order valence-electron chi connectivity index (χ1n) is 11.2. The van der Waals surface area contributed by atoms with Gasteiger partial charge in [0.2, 0.25) is 5.91 Å². The molecule has 0 saturated heterocycles. The number of fused-ring (bicyclic) bond motifs is 1. The maximum Gasteiger partial charge on any atom is 0.416 e. The number of rotatable bonds is 6. The molecule has 3 aromatic carbocycles. The van der Waals surface area contributed by atoms with E-state index in [0.717, 1.165) is 40.7 Å². The fourth-order valence-electron chi connectivity index (χ4n) is 3.85. The third-order valence-corrected chi connectivity index (χ3v) is 7.54. The van der Waals surface area contributed by atoms with Gasteiger partial charge >= 0.3 is 6.18 Å². The molecular weight excluding hydrogens is 535 g/mol. The van der Waals surface area contributed by atoms with Crippen molar-refractivity contribution < 1.29 is 45.0 Å². The Morgan fingerprint density at radius 3 is 2.55 bits per heavy atom. The molecular formula is C25H21F5N2O5S. The van der Waals surface area contributed by atoms with Crippen molar-refractivity contribution >= 4 is 21.6 Å². The standard InChI is InChI=1S/C25H21F5N2O5S/c1-14(33)24(34)31-12-18-13-32(38(35,36)19-4-2-3-16(10-19)25(28,29)30)22-9-15(5-8-23(22)37-18)20-11-17(26)6-7-21(20)27/h2-11,14,18,33H,12-13H2,1H3,(H,31,34)/t14-,18+/m1/s1. The third-order valence-electron chi connectivity index (χ3n) is 5.76. The number of alkyl halides is 3. The van der Waals surface area contributed by atoms with E-state index in [1.54, 1.807) is 0 Å². The molecule has 0 unspecified atom stereocenters. The van der Waals surface area contributed by atoms with Crippen LogP contribution in [0.15, 0.2) is 65.6 Å². The van der Waals surface area contributed by atoms with Crippen LogP contribution in [0, 0.1) is 11.6 Å². The SMILES string of the molecule is C[C@@H](O)C(=O)NC[C@H]1CN(S(=O)(=O)c2cccc(C(F)(F)F)c2)c2cc(-c3cc(F)ccc3F)ccc2O1. The topological polar surface area (TPSA) is 95.9 Å². The number of anilines is 1. The van der Waals surface area contributed by atoms with E-state index in [9.17, 15) is 40.3 Å². The summed E-state index contributed by atoms with van der Waals surface area (Å²) in [6, 6.07) is 9.81. The van der Waals surface area contributed by atoms with Crippen molar-refractivity contribution in [3.05, 3.63) is 77.9 Å². The Hall–Kier alpha value is -3.71. The lowest BCUT2D eigenvalue weighted by atomic mass is 10.0. The summed E-state index contributed by atoms with van der Waals surface area (Å²) in [5.41, 5.74) is -1.38. The second-order valence-electron chi connectivity index (χ2n) is 8.53. The predicted molar refractivity (Wildman–Crippen MR) is 127 cm³/mol. The summed E-state index contributed by atoms with van der Waals surface area (Å²) in [5.74, 6) is -2.29. The molecule has 2 atom stereocenters. The van der Waals surface area contributed by atoms with Crippen LogP contribution in [0.5, 0.6) is 5.75 Å². The summed E-state index contributed by atoms with van der Waals surface area (Å²) >= 11 is 0. The van der Waals surface area contributed by atoms with Crippen molar-refractivity contribution in [1.82, 2.24) is 5.32 Å². The van der Waals surface area contributed by atoms with E-state index in [-0.39, 0.29) is 29.1 Å². The molecule has 38 heavy (non-hydrogen) atoms. The average Bonchev–Trinajstić information content (AvgIpc) is 2.87. The van der Waals surface area contributed by atoms with Crippen LogP contribution < -0.4 is 14.4 Å². The minimum absolute atomic E-state index is 0.0244. The first-order chi connectivity index (χ1) is 17.8. The van der Waals surface area contributed by atoms with Gasteiger partial charge in [0, 0.05) is 5.56 Å². The Kier molecular flexibility index (Phi) is 7.35. The van der Waals surface area contributed by atoms with E-state index in [2.05, 4.69) is 5.32 Å². The van der Waals surface area contributed by atoms with Crippen molar-refractivity contribution in [1.29, 1.82) is 0 Å². The Balaban J connectivity index is 1.80. The number of halogens is 5. The lowest BCUT2D eigenvalue weighted by Crippen LogP contribution is -2.49. The van der Waals surface area contributed by atoms with Gasteiger partial charge in [0.25, 0.3) is 10.0 Å². The molecule has 1 aliphatic rings. The monoisotopic (exact) mass is 556 g/mol. The number of benzene rings is 3. The highest BCUT2D eigenvalue weighted by Gasteiger charge is 2.37. The molecule has 0 aliphatic carbocycles. The number of carbonyl (C=O) groups excluding carboxylic acids is 1. The lowest BCUT2D eigenvalue weighted by molar-refractivity contribution is -0.137. The summed E-state index contributed by atoms with van der Waals surface area (Å²) in [7, 11) is -4.64. The zero-order chi connectivity index (χ0) is 27.8. The second kappa shape index (κ2) is 10.2. The van der Waals surface area contributed by atoms with Gasteiger partial charge in [-0.3, -0.25) is 9.10 Å². The zero-order valence-electron chi connectivity index (χ0n) is 19.7. The summed E-state index contributed by atoms with van der Waals surface area (Å²) < 4.78 is 102. The average molecular weight is 557 g/mol. The number of sulfonamides is 1. The van der Waals surface area contributed by atoms with Gasteiger partial charge in [-0.05, 0) is 61.0 Å². The molecule has 1 amide bonds. The molecule has 13 heteroatoms. The van der Waals surface area contributed by atoms with Crippen molar-refractivity contribution in [3.63, 3.8) is 0 Å². The Bertz CT molecular complexity index is 1480. The molecule has 7 nitrogen and oxygen atoms in total. The van der Waals surface area contributed by atoms with Crippen LogP contribution in [0.3, 0.4) is 0 Å². The quantitative estimate of drug-likeness (QED) is 0.446. The zero-order valence-corrected chi connectivity index (χ0v) is 20.5. The van der Waals surface area contributed by atoms with Gasteiger partial charge in [0.15, 0.2) is 0 Å². The molecule has 0 aromatic heterocycles. The Labute approximate surface area is 214 Å². The van der Waals surface area contributed by atoms with E-state index in [1.807, 2.05) is 0 Å². The number of ether oxygens (including phenoxy) is 1. The van der Waals surface area contributed by atoms with Crippen LogP contribution in [0.1, 0.15) is 12.5 Å². The number of aliphatic hydroxyl groups is 1. The summed E-state index contributed by atoms with van der Waals surface area (Å²) in [6.45, 7) is 0.544. The highest BCUT2D eigenvalue weighted by molar-refractivity contribution is 7.92. The van der Waals surface area contributed by atoms with Crippen LogP contribution in [0.4, 0.5) is 27.6 Å². The summed E-state index contributed by atoms with van der Waals surface area (Å²) in [4.78, 5) is 11.1. The van der Waals surface area contributed by atoms with E-state index >= 15 is 0 Å². The number of nitrogens with one attached hydrogen (secondary N) is 1. The van der Waals surface area contributed by atoms with Crippen molar-refractivity contribution in [3.8, 4) is 16.9 Å². The van der Waals surface area contributed by atoms with Gasteiger partial charge in [-0.15, -0.1) is 0 Å². The van der Waals surface area contributed by atoms with Crippen LogP contribution in [0.2, 0.25) is 0 Å². The van der Waals surface area contributed by atoms with Crippen molar-refractivity contribution in [2.75, 3.05) is 17.4 Å². The first kappa shape index (κ1) is 27.3. The summed E-state index contributed by atoms with van der Waals surface area (Å²) in [5, 5.41) is 11.8. The molecule has 3 aromatic rings. The van der Waals surface area contributed by atoms with Crippen LogP contribution in [0.25, 0.3) is 11.1 Å². The molecule has 202 valence electrons. The molecule has 4 rings (SSSR count). The van der Waals surface area contributed by atoms with E-state index < -0.39 is 63.0 Å². The molecule has 0 spiro atoms. The van der Waals surface area contributed by atoms with E-state index in [0.29, 0.717) is 6.07 Å². The maximum absolute atomic E-state index is 14.4. The highest BCUT2D eigenvalue weighted by atomic mass is 32.2. The van der Waals surface area contributed by atoms with Crippen molar-refractivity contribution in [2.45, 2.75) is 30.2 Å². The molecule has 0 fully saturated rings. The fourth-order valence-corrected chi connectivity index (χ4v) is 5.40. The predicted octanol–water partition coefficient (Wildman–Crippen LogP) is 4.10. The minimum atomic E-state index is -4.80. The highest BCUT2D eigenvalue weighted by Crippen LogP contribution is 2.41. The Morgan fingerprint density at radius 1 is 1.13 bits per heavy atom. The first-order valence-corrected chi connectivity index (χ1v) is 12.6. The number of amides is 1. The number of carbonyl (C=O) groups is 1. The van der Waals surface area contributed by atoms with Gasteiger partial charge in [-0.1, -0.05) is 12.1 Å². The minimum Gasteiger partial charge on any atom is -0.484 e. The number of aliphatic hydroxyl groups excluding tert-OH is 1. The second-order valence-corrected chi connectivity index (χ2v) is 10.4. The fraction of sp³-hybridized carbons (Fsp3) is 0.240. The molecule has 1 heterocycles. The van der Waals surface area contributed by atoms with Crippen molar-refractivity contribution in [2.24, 2.45) is 0 Å². The smallest absolute Gasteiger partial charge is 0.416 e. The van der Waals surface area contributed by atoms with Crippen LogP contribution >= 0.6 is 0 Å². The van der Waals surface area contributed by atoms with Gasteiger partial charge in [-0.25, -0.2) is 17.2 Å². The van der Waals surface area contributed by atoms with Gasteiger partial charge in [-0.2, -0.15) is 13.2 Å². The normalized spacial score (nSPS) is 16.4. The molecule has 1 aliphatic heterocycles. The molecule has 0 saturated carbocycles. The van der Waals surface area contributed by atoms with Crippen LogP contribution in [-0.4, -0.2) is 44.7 Å². The number of nitrogens with zero attached hydrogens (tertiary/aromatic N) is 1. The molecule has 0 radical (unpaired) electrons. The molecule has 2 N–H and O–H groups in total. The van der Waals surface area contributed by atoms with Crippen LogP contribution in [-0.2, 0) is 21.0 Å². The van der Waals surface area contributed by atoms with Gasteiger partial charge in [0.05, 0.1) is 29.2 Å². The van der Waals surface area contributed by atoms with Gasteiger partial charge < -0.3 is 15.2 Å². The number of hydrogen-bond donors (Lipinski definition) is 2.